The summed E-state index contributed by atoms with van der Waals surface area (Å²) in [6.45, 7) is 7.05. The van der Waals surface area contributed by atoms with Crippen molar-refractivity contribution < 1.29 is 9.69 Å². The fraction of sp³-hybridized carbons (Fsp3) is 0.435. The van der Waals surface area contributed by atoms with Crippen LogP contribution in [0.3, 0.4) is 0 Å². The number of carbonyl (C=O) groups excluding carboxylic acids is 1. The molecule has 0 radical (unpaired) electrons. The molecule has 3 nitrogen and oxygen atoms in total. The van der Waals surface area contributed by atoms with E-state index in [2.05, 4.69) is 60.4 Å². The molecular formula is C23H29N2O+. The third-order valence-corrected chi connectivity index (χ3v) is 6.11. The topological polar surface area (TPSA) is 24.8 Å². The van der Waals surface area contributed by atoms with Gasteiger partial charge in [-0.1, -0.05) is 48.5 Å². The molecular weight excluding hydrogens is 320 g/mol. The molecule has 0 aromatic heterocycles. The van der Waals surface area contributed by atoms with Gasteiger partial charge in [-0.15, -0.1) is 0 Å². The molecule has 26 heavy (non-hydrogen) atoms. The highest BCUT2D eigenvalue weighted by Gasteiger charge is 2.33. The Hall–Kier alpha value is -2.13. The number of quaternary nitrogens is 1. The molecule has 136 valence electrons. The minimum Gasteiger partial charge on any atom is -0.338 e. The summed E-state index contributed by atoms with van der Waals surface area (Å²) in [4.78, 5) is 16.8. The van der Waals surface area contributed by atoms with Crippen molar-refractivity contribution in [1.29, 1.82) is 0 Å². The van der Waals surface area contributed by atoms with Gasteiger partial charge in [-0.3, -0.25) is 4.79 Å². The summed E-state index contributed by atoms with van der Waals surface area (Å²) in [6.07, 6.45) is 3.20. The minimum atomic E-state index is 0.188. The maximum Gasteiger partial charge on any atom is 0.231 e. The van der Waals surface area contributed by atoms with Crippen LogP contribution in [0, 0.1) is 12.8 Å². The molecule has 2 atom stereocenters. The highest BCUT2D eigenvalue weighted by molar-refractivity contribution is 5.79. The van der Waals surface area contributed by atoms with E-state index < -0.39 is 0 Å². The van der Waals surface area contributed by atoms with Crippen molar-refractivity contribution in [1.82, 2.24) is 4.90 Å². The minimum absolute atomic E-state index is 0.188. The lowest BCUT2D eigenvalue weighted by atomic mass is 9.93. The number of rotatable bonds is 3. The van der Waals surface area contributed by atoms with Gasteiger partial charge in [0.25, 0.3) is 0 Å². The number of likely N-dealkylation sites (tertiary alicyclic amines) is 1. The lowest BCUT2D eigenvalue weighted by Gasteiger charge is -2.35. The van der Waals surface area contributed by atoms with Gasteiger partial charge in [-0.2, -0.15) is 0 Å². The van der Waals surface area contributed by atoms with Crippen molar-refractivity contribution in [3.05, 3.63) is 70.8 Å². The monoisotopic (exact) mass is 349 g/mol. The summed E-state index contributed by atoms with van der Waals surface area (Å²) in [5.41, 5.74) is 5.52. The number of aryl methyl sites for hydroxylation is 1. The quantitative estimate of drug-likeness (QED) is 0.904. The predicted molar refractivity (Wildman–Crippen MR) is 104 cm³/mol. The molecule has 4 rings (SSSR count). The molecule has 1 fully saturated rings. The molecule has 3 heteroatoms. The van der Waals surface area contributed by atoms with Gasteiger partial charge in [0.1, 0.15) is 6.54 Å². The largest absolute Gasteiger partial charge is 0.338 e. The number of nitrogens with zero attached hydrogens (tertiary/aromatic N) is 1. The van der Waals surface area contributed by atoms with Crippen molar-refractivity contribution >= 4 is 5.91 Å². The second-order valence-electron chi connectivity index (χ2n) is 7.93. The van der Waals surface area contributed by atoms with Crippen LogP contribution in [0.25, 0.3) is 0 Å². The summed E-state index contributed by atoms with van der Waals surface area (Å²) in [5, 5.41) is 0. The summed E-state index contributed by atoms with van der Waals surface area (Å²) in [6, 6.07) is 17.2. The molecule has 1 saturated heterocycles. The highest BCUT2D eigenvalue weighted by Crippen LogP contribution is 2.21. The van der Waals surface area contributed by atoms with Crippen LogP contribution in [0.5, 0.6) is 0 Å². The van der Waals surface area contributed by atoms with Crippen LogP contribution < -0.4 is 4.90 Å². The van der Waals surface area contributed by atoms with E-state index in [1.807, 2.05) is 0 Å². The van der Waals surface area contributed by atoms with Crippen molar-refractivity contribution in [3.63, 3.8) is 0 Å². The van der Waals surface area contributed by atoms with Gasteiger partial charge in [0.2, 0.25) is 5.91 Å². The fourth-order valence-corrected chi connectivity index (χ4v) is 4.54. The summed E-state index contributed by atoms with van der Waals surface area (Å²) in [7, 11) is 0. The van der Waals surface area contributed by atoms with Crippen LogP contribution in [-0.4, -0.2) is 30.4 Å². The van der Waals surface area contributed by atoms with Gasteiger partial charge < -0.3 is 9.80 Å². The second-order valence-corrected chi connectivity index (χ2v) is 7.93. The van der Waals surface area contributed by atoms with E-state index in [0.29, 0.717) is 5.91 Å². The number of piperidine rings is 1. The molecule has 2 aliphatic heterocycles. The predicted octanol–water partition coefficient (Wildman–Crippen LogP) is 2.37. The van der Waals surface area contributed by atoms with Crippen LogP contribution in [0.1, 0.15) is 35.1 Å². The Morgan fingerprint density at radius 2 is 1.88 bits per heavy atom. The van der Waals surface area contributed by atoms with Gasteiger partial charge in [0.05, 0.1) is 19.0 Å². The Morgan fingerprint density at radius 1 is 1.12 bits per heavy atom. The van der Waals surface area contributed by atoms with E-state index in [1.165, 1.54) is 28.8 Å². The van der Waals surface area contributed by atoms with Gasteiger partial charge in [-0.25, -0.2) is 0 Å². The zero-order chi connectivity index (χ0) is 17.9. The maximum atomic E-state index is 13.1. The molecule has 2 aliphatic rings. The van der Waals surface area contributed by atoms with Crippen molar-refractivity contribution in [2.24, 2.45) is 5.92 Å². The summed E-state index contributed by atoms with van der Waals surface area (Å²) in [5.74, 6) is 0.564. The lowest BCUT2D eigenvalue weighted by molar-refractivity contribution is -0.921. The molecule has 0 saturated carbocycles. The number of carbonyl (C=O) groups is 1. The summed E-state index contributed by atoms with van der Waals surface area (Å²) < 4.78 is 0. The first-order chi connectivity index (χ1) is 12.7. The first-order valence-corrected chi connectivity index (χ1v) is 9.94. The SMILES string of the molecule is Cc1ccccc1C[NH+]1CCC[C@H](C(=O)N2CCc3ccccc3C2)C1. The van der Waals surface area contributed by atoms with E-state index >= 15 is 0 Å². The third kappa shape index (κ3) is 3.68. The van der Waals surface area contributed by atoms with Gasteiger partial charge >= 0.3 is 0 Å². The average molecular weight is 349 g/mol. The second kappa shape index (κ2) is 7.63. The number of amides is 1. The van der Waals surface area contributed by atoms with E-state index in [0.717, 1.165) is 45.4 Å². The zero-order valence-electron chi connectivity index (χ0n) is 15.7. The van der Waals surface area contributed by atoms with Gasteiger partial charge in [0.15, 0.2) is 0 Å². The van der Waals surface area contributed by atoms with Crippen molar-refractivity contribution in [2.45, 2.75) is 39.3 Å². The number of benzene rings is 2. The van der Waals surface area contributed by atoms with E-state index in [4.69, 9.17) is 0 Å². The first kappa shape index (κ1) is 17.3. The first-order valence-electron chi connectivity index (χ1n) is 9.94. The average Bonchev–Trinajstić information content (AvgIpc) is 2.69. The number of hydrogen-bond donors (Lipinski definition) is 1. The molecule has 0 spiro atoms. The van der Waals surface area contributed by atoms with Crippen molar-refractivity contribution in [3.8, 4) is 0 Å². The van der Waals surface area contributed by atoms with Gasteiger partial charge in [-0.05, 0) is 42.9 Å². The standard InChI is InChI=1S/C23H28N2O/c1-18-7-2-3-9-20(18)15-24-13-6-11-22(16-24)23(26)25-14-12-19-8-4-5-10-21(19)17-25/h2-5,7-10,22H,6,11-17H2,1H3/p+1/t22-/m0/s1. The smallest absolute Gasteiger partial charge is 0.231 e. The van der Waals surface area contributed by atoms with Crippen LogP contribution in [0.2, 0.25) is 0 Å². The molecule has 2 aromatic rings. The third-order valence-electron chi connectivity index (χ3n) is 6.11. The van der Waals surface area contributed by atoms with E-state index in [9.17, 15) is 4.79 Å². The number of nitrogens with one attached hydrogen (secondary N) is 1. The Balaban J connectivity index is 1.40. The van der Waals surface area contributed by atoms with Crippen LogP contribution in [0.4, 0.5) is 0 Å². The Morgan fingerprint density at radius 3 is 2.73 bits per heavy atom. The molecule has 2 aromatic carbocycles. The molecule has 1 unspecified atom stereocenters. The molecule has 1 N–H and O–H groups in total. The van der Waals surface area contributed by atoms with Crippen LogP contribution >= 0.6 is 0 Å². The molecule has 0 bridgehead atoms. The Kier molecular flexibility index (Phi) is 5.07. The van der Waals surface area contributed by atoms with E-state index in [-0.39, 0.29) is 5.92 Å². The highest BCUT2D eigenvalue weighted by atomic mass is 16.2. The maximum absolute atomic E-state index is 13.1. The lowest BCUT2D eigenvalue weighted by Crippen LogP contribution is -3.12. The Bertz CT molecular complexity index is 785. The molecule has 2 heterocycles. The number of hydrogen-bond acceptors (Lipinski definition) is 1. The van der Waals surface area contributed by atoms with Crippen molar-refractivity contribution in [2.75, 3.05) is 19.6 Å². The number of fused-ring (bicyclic) bond motifs is 1. The van der Waals surface area contributed by atoms with Gasteiger partial charge in [0, 0.05) is 18.7 Å². The van der Waals surface area contributed by atoms with E-state index in [1.54, 1.807) is 4.90 Å². The fourth-order valence-electron chi connectivity index (χ4n) is 4.54. The molecule has 0 aliphatic carbocycles. The Labute approximate surface area is 156 Å². The van der Waals surface area contributed by atoms with Crippen LogP contribution in [0.15, 0.2) is 48.5 Å². The normalized spacial score (nSPS) is 22.7. The molecule has 1 amide bonds. The summed E-state index contributed by atoms with van der Waals surface area (Å²) >= 11 is 0. The van der Waals surface area contributed by atoms with Crippen LogP contribution in [-0.2, 0) is 24.3 Å². The zero-order valence-corrected chi connectivity index (χ0v) is 15.7.